The van der Waals surface area contributed by atoms with Gasteiger partial charge < -0.3 is 5.32 Å². The minimum absolute atomic E-state index is 0.0690. The summed E-state index contributed by atoms with van der Waals surface area (Å²) >= 11 is 0. The number of fused-ring (bicyclic) bond motifs is 1. The minimum atomic E-state index is -4.50. The van der Waals surface area contributed by atoms with Crippen LogP contribution in [-0.4, -0.2) is 15.0 Å². The first kappa shape index (κ1) is 17.8. The Hall–Kier alpha value is -2.06. The summed E-state index contributed by atoms with van der Waals surface area (Å²) in [5.41, 5.74) is 2.00. The number of halogens is 3. The molecule has 134 valence electrons. The fraction of sp³-hybridized carbons (Fsp3) is 0.294. The molecule has 0 atom stereocenters. The first-order valence-electron chi connectivity index (χ1n) is 7.79. The molecule has 0 unspecified atom stereocenters. The molecular weight excluding hydrogens is 353 g/mol. The fourth-order valence-corrected chi connectivity index (χ4v) is 3.81. The van der Waals surface area contributed by atoms with Gasteiger partial charge in [0.2, 0.25) is 10.0 Å². The van der Waals surface area contributed by atoms with Gasteiger partial charge in [-0.15, -0.1) is 0 Å². The molecule has 0 aliphatic carbocycles. The highest BCUT2D eigenvalue weighted by Gasteiger charge is 2.30. The van der Waals surface area contributed by atoms with Gasteiger partial charge in [-0.2, -0.15) is 13.2 Å². The molecule has 0 saturated heterocycles. The van der Waals surface area contributed by atoms with Crippen LogP contribution in [0.15, 0.2) is 47.4 Å². The number of alkyl halides is 3. The molecule has 0 saturated carbocycles. The van der Waals surface area contributed by atoms with Crippen LogP contribution in [-0.2, 0) is 29.2 Å². The van der Waals surface area contributed by atoms with Crippen molar-refractivity contribution in [2.45, 2.75) is 30.5 Å². The smallest absolute Gasteiger partial charge is 0.385 e. The van der Waals surface area contributed by atoms with Crippen LogP contribution < -0.4 is 10.0 Å². The number of rotatable bonds is 4. The van der Waals surface area contributed by atoms with Gasteiger partial charge in [0.1, 0.15) is 0 Å². The standard InChI is InChI=1S/C17H17F3N2O2S/c18-17(19,20)14-6-8-15(9-7-14)25(23,24)22-11-13-4-1-3-12-5-2-10-21-16(12)13/h1,3-4,6-9,21-22H,2,5,10-11H2. The summed E-state index contributed by atoms with van der Waals surface area (Å²) in [4.78, 5) is -0.196. The highest BCUT2D eigenvalue weighted by Crippen LogP contribution is 2.30. The molecular formula is C17H17F3N2O2S. The lowest BCUT2D eigenvalue weighted by Crippen LogP contribution is -2.25. The zero-order valence-electron chi connectivity index (χ0n) is 13.2. The van der Waals surface area contributed by atoms with Crippen LogP contribution in [0, 0.1) is 0 Å². The summed E-state index contributed by atoms with van der Waals surface area (Å²) in [5, 5.41) is 3.27. The van der Waals surface area contributed by atoms with Gasteiger partial charge in [0, 0.05) is 18.8 Å². The zero-order chi connectivity index (χ0) is 18.1. The number of sulfonamides is 1. The van der Waals surface area contributed by atoms with Crippen LogP contribution in [0.2, 0.25) is 0 Å². The molecule has 2 aromatic carbocycles. The van der Waals surface area contributed by atoms with Crippen molar-refractivity contribution >= 4 is 15.7 Å². The van der Waals surface area contributed by atoms with E-state index in [4.69, 9.17) is 0 Å². The second-order valence-corrected chi connectivity index (χ2v) is 7.60. The first-order valence-corrected chi connectivity index (χ1v) is 9.27. The molecule has 1 aliphatic heterocycles. The maximum absolute atomic E-state index is 12.6. The lowest BCUT2D eigenvalue weighted by Gasteiger charge is -2.21. The van der Waals surface area contributed by atoms with Crippen LogP contribution in [0.25, 0.3) is 0 Å². The van der Waals surface area contributed by atoms with Gasteiger partial charge in [0.25, 0.3) is 0 Å². The molecule has 3 rings (SSSR count). The molecule has 2 N–H and O–H groups in total. The van der Waals surface area contributed by atoms with Crippen LogP contribution in [0.5, 0.6) is 0 Å². The Balaban J connectivity index is 1.77. The predicted molar refractivity (Wildman–Crippen MR) is 88.7 cm³/mol. The lowest BCUT2D eigenvalue weighted by atomic mass is 9.99. The van der Waals surface area contributed by atoms with Gasteiger partial charge in [-0.25, -0.2) is 13.1 Å². The number of aryl methyl sites for hydroxylation is 1. The molecule has 1 heterocycles. The maximum atomic E-state index is 12.6. The summed E-state index contributed by atoms with van der Waals surface area (Å²) in [7, 11) is -3.89. The van der Waals surface area contributed by atoms with E-state index in [1.807, 2.05) is 18.2 Å². The normalized spacial score (nSPS) is 14.7. The Labute approximate surface area is 144 Å². The molecule has 25 heavy (non-hydrogen) atoms. The number of benzene rings is 2. The predicted octanol–water partition coefficient (Wildman–Crippen LogP) is 3.54. The molecule has 1 aliphatic rings. The average molecular weight is 370 g/mol. The Bertz CT molecular complexity index is 862. The van der Waals surface area contributed by atoms with E-state index in [9.17, 15) is 21.6 Å². The zero-order valence-corrected chi connectivity index (χ0v) is 14.0. The lowest BCUT2D eigenvalue weighted by molar-refractivity contribution is -0.137. The number of anilines is 1. The van der Waals surface area contributed by atoms with Crippen LogP contribution in [0.4, 0.5) is 18.9 Å². The van der Waals surface area contributed by atoms with Crippen molar-refractivity contribution in [1.29, 1.82) is 0 Å². The van der Waals surface area contributed by atoms with Gasteiger partial charge in [0.05, 0.1) is 10.5 Å². The first-order chi connectivity index (χ1) is 11.8. The summed E-state index contributed by atoms with van der Waals surface area (Å²) in [5.74, 6) is 0. The summed E-state index contributed by atoms with van der Waals surface area (Å²) in [6.07, 6.45) is -2.54. The molecule has 0 aromatic heterocycles. The highest BCUT2D eigenvalue weighted by molar-refractivity contribution is 7.89. The fourth-order valence-electron chi connectivity index (χ4n) is 2.81. The second kappa shape index (κ2) is 6.68. The van der Waals surface area contributed by atoms with Crippen molar-refractivity contribution in [1.82, 2.24) is 4.72 Å². The summed E-state index contributed by atoms with van der Waals surface area (Å²) in [6.45, 7) is 0.898. The molecule has 0 amide bonds. The van der Waals surface area contributed by atoms with Crippen molar-refractivity contribution in [3.8, 4) is 0 Å². The second-order valence-electron chi connectivity index (χ2n) is 5.83. The van der Waals surface area contributed by atoms with E-state index < -0.39 is 21.8 Å². The van der Waals surface area contributed by atoms with E-state index in [1.165, 1.54) is 0 Å². The van der Waals surface area contributed by atoms with Crippen molar-refractivity contribution in [3.05, 3.63) is 59.2 Å². The average Bonchev–Trinajstić information content (AvgIpc) is 2.59. The van der Waals surface area contributed by atoms with Crippen LogP contribution >= 0.6 is 0 Å². The summed E-state index contributed by atoms with van der Waals surface area (Å²) < 4.78 is 64.8. The van der Waals surface area contributed by atoms with Crippen molar-refractivity contribution in [3.63, 3.8) is 0 Å². The molecule has 2 aromatic rings. The molecule has 0 radical (unpaired) electrons. The SMILES string of the molecule is O=S(=O)(NCc1cccc2c1NCCC2)c1ccc(C(F)(F)F)cc1. The quantitative estimate of drug-likeness (QED) is 0.866. The van der Waals surface area contributed by atoms with Crippen molar-refractivity contribution in [2.75, 3.05) is 11.9 Å². The molecule has 0 bridgehead atoms. The van der Waals surface area contributed by atoms with Gasteiger partial charge in [-0.3, -0.25) is 0 Å². The van der Waals surface area contributed by atoms with Gasteiger partial charge in [0.15, 0.2) is 0 Å². The topological polar surface area (TPSA) is 58.2 Å². The molecule has 4 nitrogen and oxygen atoms in total. The van der Waals surface area contributed by atoms with Gasteiger partial charge >= 0.3 is 6.18 Å². The highest BCUT2D eigenvalue weighted by atomic mass is 32.2. The Morgan fingerprint density at radius 2 is 1.80 bits per heavy atom. The van der Waals surface area contributed by atoms with Gasteiger partial charge in [-0.05, 0) is 48.2 Å². The minimum Gasteiger partial charge on any atom is -0.385 e. The van der Waals surface area contributed by atoms with Crippen molar-refractivity contribution < 1.29 is 21.6 Å². The Morgan fingerprint density at radius 1 is 1.08 bits per heavy atom. The largest absolute Gasteiger partial charge is 0.416 e. The number of nitrogens with one attached hydrogen (secondary N) is 2. The van der Waals surface area contributed by atoms with Crippen LogP contribution in [0.1, 0.15) is 23.1 Å². The monoisotopic (exact) mass is 370 g/mol. The van der Waals surface area contributed by atoms with E-state index in [1.54, 1.807) is 0 Å². The molecule has 8 heteroatoms. The third kappa shape index (κ3) is 3.96. The van der Waals surface area contributed by atoms with Gasteiger partial charge in [-0.1, -0.05) is 18.2 Å². The summed E-state index contributed by atoms with van der Waals surface area (Å²) in [6, 6.07) is 9.14. The third-order valence-corrected chi connectivity index (χ3v) is 5.52. The Kier molecular flexibility index (Phi) is 4.75. The van der Waals surface area contributed by atoms with Crippen LogP contribution in [0.3, 0.4) is 0 Å². The number of para-hydroxylation sites is 1. The van der Waals surface area contributed by atoms with E-state index in [2.05, 4.69) is 10.0 Å². The Morgan fingerprint density at radius 3 is 2.48 bits per heavy atom. The van der Waals surface area contributed by atoms with E-state index in [-0.39, 0.29) is 11.4 Å². The van der Waals surface area contributed by atoms with E-state index in [0.717, 1.165) is 60.5 Å². The molecule has 0 fully saturated rings. The third-order valence-electron chi connectivity index (χ3n) is 4.11. The van der Waals surface area contributed by atoms with E-state index >= 15 is 0 Å². The van der Waals surface area contributed by atoms with Crippen molar-refractivity contribution in [2.24, 2.45) is 0 Å². The number of hydrogen-bond donors (Lipinski definition) is 2. The van der Waals surface area contributed by atoms with E-state index in [0.29, 0.717) is 0 Å². The molecule has 0 spiro atoms. The number of hydrogen-bond acceptors (Lipinski definition) is 3. The maximum Gasteiger partial charge on any atom is 0.416 e.